The highest BCUT2D eigenvalue weighted by atomic mass is 28.4. The van der Waals surface area contributed by atoms with Gasteiger partial charge in [0.1, 0.15) is 6.10 Å². The van der Waals surface area contributed by atoms with E-state index in [1.165, 1.54) is 5.57 Å². The number of Topliss-reactive ketones (excluding diaryl/α,β-unsaturated/α-hetero) is 1. The van der Waals surface area contributed by atoms with Crippen LogP contribution in [-0.4, -0.2) is 31.4 Å². The standard InChI is InChI=1S/C21H32O3Si/c1-21(2,3)25(4,5)24-18-13-11-16(12-14-18)15-19(22)20(23)17-9-7-6-8-10-17/h6-11,18-19,22H,12-15H2,1-5H3/t18-,19+/m1/s1. The van der Waals surface area contributed by atoms with Gasteiger partial charge in [0.05, 0.1) is 0 Å². The van der Waals surface area contributed by atoms with Gasteiger partial charge in [-0.15, -0.1) is 0 Å². The van der Waals surface area contributed by atoms with Crippen molar-refractivity contribution in [3.8, 4) is 0 Å². The third-order valence-corrected chi connectivity index (χ3v) is 10.1. The van der Waals surface area contributed by atoms with Crippen molar-refractivity contribution in [1.82, 2.24) is 0 Å². The molecule has 0 heterocycles. The number of aliphatic hydroxyl groups excluding tert-OH is 1. The molecule has 0 aliphatic heterocycles. The van der Waals surface area contributed by atoms with E-state index in [1.807, 2.05) is 18.2 Å². The molecule has 25 heavy (non-hydrogen) atoms. The van der Waals surface area contributed by atoms with E-state index in [0.717, 1.165) is 19.3 Å². The molecule has 4 heteroatoms. The van der Waals surface area contributed by atoms with Gasteiger partial charge in [-0.3, -0.25) is 4.79 Å². The first-order valence-electron chi connectivity index (χ1n) is 9.23. The van der Waals surface area contributed by atoms with Gasteiger partial charge in [-0.1, -0.05) is 62.8 Å². The third-order valence-electron chi connectivity index (χ3n) is 5.54. The molecular weight excluding hydrogens is 328 g/mol. The van der Waals surface area contributed by atoms with E-state index >= 15 is 0 Å². The molecule has 0 amide bonds. The zero-order valence-corrected chi connectivity index (χ0v) is 17.2. The molecule has 1 N–H and O–H groups in total. The summed E-state index contributed by atoms with van der Waals surface area (Å²) in [7, 11) is -1.74. The summed E-state index contributed by atoms with van der Waals surface area (Å²) in [6.07, 6.45) is 4.68. The van der Waals surface area contributed by atoms with E-state index in [2.05, 4.69) is 39.9 Å². The maximum Gasteiger partial charge on any atom is 0.192 e. The highest BCUT2D eigenvalue weighted by Crippen LogP contribution is 2.39. The van der Waals surface area contributed by atoms with Gasteiger partial charge in [0.2, 0.25) is 0 Å². The molecule has 2 rings (SSSR count). The summed E-state index contributed by atoms with van der Waals surface area (Å²) in [6.45, 7) is 11.3. The lowest BCUT2D eigenvalue weighted by atomic mass is 9.91. The fourth-order valence-electron chi connectivity index (χ4n) is 2.89. The van der Waals surface area contributed by atoms with E-state index in [1.54, 1.807) is 12.1 Å². The van der Waals surface area contributed by atoms with Crippen LogP contribution < -0.4 is 0 Å². The summed E-state index contributed by atoms with van der Waals surface area (Å²) in [6, 6.07) is 9.02. The number of carbonyl (C=O) groups is 1. The molecule has 3 nitrogen and oxygen atoms in total. The lowest BCUT2D eigenvalue weighted by molar-refractivity contribution is 0.0743. The maximum absolute atomic E-state index is 12.3. The summed E-state index contributed by atoms with van der Waals surface area (Å²) < 4.78 is 6.48. The minimum Gasteiger partial charge on any atom is -0.414 e. The molecule has 0 bridgehead atoms. The van der Waals surface area contributed by atoms with Gasteiger partial charge in [-0.25, -0.2) is 0 Å². The van der Waals surface area contributed by atoms with E-state index in [4.69, 9.17) is 4.43 Å². The lowest BCUT2D eigenvalue weighted by Gasteiger charge is -2.40. The number of benzene rings is 1. The van der Waals surface area contributed by atoms with Gasteiger partial charge < -0.3 is 9.53 Å². The van der Waals surface area contributed by atoms with Crippen LogP contribution in [0.1, 0.15) is 56.8 Å². The molecule has 0 spiro atoms. The van der Waals surface area contributed by atoms with Crippen LogP contribution in [0.4, 0.5) is 0 Å². The first-order valence-corrected chi connectivity index (χ1v) is 12.1. The minimum absolute atomic E-state index is 0.193. The van der Waals surface area contributed by atoms with Crippen LogP contribution in [0.3, 0.4) is 0 Å². The number of hydrogen-bond acceptors (Lipinski definition) is 3. The van der Waals surface area contributed by atoms with Crippen molar-refractivity contribution in [3.63, 3.8) is 0 Å². The Balaban J connectivity index is 1.90. The molecule has 0 saturated carbocycles. The second-order valence-electron chi connectivity index (χ2n) is 8.59. The highest BCUT2D eigenvalue weighted by Gasteiger charge is 2.39. The molecule has 0 aromatic heterocycles. The van der Waals surface area contributed by atoms with Crippen LogP contribution in [0.2, 0.25) is 18.1 Å². The van der Waals surface area contributed by atoms with Gasteiger partial charge in [0.15, 0.2) is 14.1 Å². The van der Waals surface area contributed by atoms with Crippen LogP contribution >= 0.6 is 0 Å². The van der Waals surface area contributed by atoms with Crippen molar-refractivity contribution < 1.29 is 14.3 Å². The number of ketones is 1. The quantitative estimate of drug-likeness (QED) is 0.435. The number of carbonyl (C=O) groups excluding carboxylic acids is 1. The van der Waals surface area contributed by atoms with Crippen molar-refractivity contribution in [1.29, 1.82) is 0 Å². The zero-order valence-electron chi connectivity index (χ0n) is 16.2. The normalized spacial score (nSPS) is 20.1. The highest BCUT2D eigenvalue weighted by molar-refractivity contribution is 6.74. The van der Waals surface area contributed by atoms with Crippen molar-refractivity contribution >= 4 is 14.1 Å². The third kappa shape index (κ3) is 5.37. The largest absolute Gasteiger partial charge is 0.414 e. The molecule has 1 aliphatic rings. The van der Waals surface area contributed by atoms with Gasteiger partial charge >= 0.3 is 0 Å². The monoisotopic (exact) mass is 360 g/mol. The molecule has 0 radical (unpaired) electrons. The van der Waals surface area contributed by atoms with E-state index in [0.29, 0.717) is 12.0 Å². The van der Waals surface area contributed by atoms with Crippen LogP contribution in [0.15, 0.2) is 42.0 Å². The summed E-state index contributed by atoms with van der Waals surface area (Å²) >= 11 is 0. The molecular formula is C21H32O3Si. The van der Waals surface area contributed by atoms with Crippen LogP contribution in [0, 0.1) is 0 Å². The summed E-state index contributed by atoms with van der Waals surface area (Å²) in [5.41, 5.74) is 1.75. The predicted molar refractivity (Wildman–Crippen MR) is 105 cm³/mol. The Morgan fingerprint density at radius 2 is 1.92 bits per heavy atom. The van der Waals surface area contributed by atoms with E-state index < -0.39 is 14.4 Å². The van der Waals surface area contributed by atoms with Crippen molar-refractivity contribution in [2.75, 3.05) is 0 Å². The number of aliphatic hydroxyl groups is 1. The van der Waals surface area contributed by atoms with E-state index in [-0.39, 0.29) is 16.9 Å². The molecule has 1 aromatic carbocycles. The Morgan fingerprint density at radius 1 is 1.28 bits per heavy atom. The predicted octanol–water partition coefficient (Wildman–Crippen LogP) is 5.12. The smallest absolute Gasteiger partial charge is 0.192 e. The summed E-state index contributed by atoms with van der Waals surface area (Å²) in [4.78, 5) is 12.3. The van der Waals surface area contributed by atoms with Crippen LogP contribution in [0.5, 0.6) is 0 Å². The number of hydrogen-bond donors (Lipinski definition) is 1. The summed E-state index contributed by atoms with van der Waals surface area (Å²) in [5, 5.41) is 10.5. The molecule has 2 atom stereocenters. The van der Waals surface area contributed by atoms with Gasteiger partial charge in [-0.2, -0.15) is 0 Å². The molecule has 0 fully saturated rings. The fourth-order valence-corrected chi connectivity index (χ4v) is 4.29. The van der Waals surface area contributed by atoms with Crippen molar-refractivity contribution in [2.24, 2.45) is 0 Å². The fraction of sp³-hybridized carbons (Fsp3) is 0.571. The van der Waals surface area contributed by atoms with Crippen molar-refractivity contribution in [3.05, 3.63) is 47.5 Å². The topological polar surface area (TPSA) is 46.5 Å². The maximum atomic E-state index is 12.3. The molecule has 0 saturated heterocycles. The Kier molecular flexibility index (Phi) is 6.41. The van der Waals surface area contributed by atoms with Gasteiger partial charge in [-0.05, 0) is 37.4 Å². The number of rotatable bonds is 6. The Bertz CT molecular complexity index is 614. The van der Waals surface area contributed by atoms with Crippen molar-refractivity contribution in [2.45, 2.75) is 76.8 Å². The molecule has 1 aliphatic carbocycles. The molecule has 138 valence electrons. The second-order valence-corrected chi connectivity index (χ2v) is 13.3. The lowest BCUT2D eigenvalue weighted by Crippen LogP contribution is -2.44. The molecule has 1 aromatic rings. The average molecular weight is 361 g/mol. The van der Waals surface area contributed by atoms with E-state index in [9.17, 15) is 9.90 Å². The minimum atomic E-state index is -1.74. The zero-order chi connectivity index (χ0) is 18.7. The van der Waals surface area contributed by atoms with Crippen LogP contribution in [0.25, 0.3) is 0 Å². The first kappa shape index (κ1) is 20.1. The SMILES string of the molecule is CC(C)(C)[Si](C)(C)O[C@@H]1CC=C(C[C@H](O)C(=O)c2ccccc2)CC1. The van der Waals surface area contributed by atoms with Crippen LogP contribution in [-0.2, 0) is 4.43 Å². The first-order chi connectivity index (χ1) is 11.6. The summed E-state index contributed by atoms with van der Waals surface area (Å²) in [5.74, 6) is -0.193. The Labute approximate surface area is 153 Å². The Morgan fingerprint density at radius 3 is 2.44 bits per heavy atom. The van der Waals surface area contributed by atoms with Gasteiger partial charge in [0.25, 0.3) is 0 Å². The second kappa shape index (κ2) is 7.98. The average Bonchev–Trinajstić information content (AvgIpc) is 2.55. The molecule has 0 unspecified atom stereocenters. The van der Waals surface area contributed by atoms with Gasteiger partial charge in [0, 0.05) is 18.1 Å². The Hall–Kier alpha value is -1.23.